The van der Waals surface area contributed by atoms with Gasteiger partial charge in [0.15, 0.2) is 0 Å². The van der Waals surface area contributed by atoms with Crippen molar-refractivity contribution in [1.29, 1.82) is 0 Å². The van der Waals surface area contributed by atoms with Gasteiger partial charge >= 0.3 is 0 Å². The molecule has 0 saturated heterocycles. The van der Waals surface area contributed by atoms with Crippen molar-refractivity contribution in [2.45, 2.75) is 70.6 Å². The highest BCUT2D eigenvalue weighted by Crippen LogP contribution is 2.60. The van der Waals surface area contributed by atoms with E-state index in [1.807, 2.05) is 0 Å². The minimum Gasteiger partial charge on any atom is -0.310 e. The Morgan fingerprint density at radius 3 is 1.47 bits per heavy atom. The summed E-state index contributed by atoms with van der Waals surface area (Å²) in [4.78, 5) is 5.05. The molecular formula is C86H74N2. The van der Waals surface area contributed by atoms with Crippen molar-refractivity contribution in [3.8, 4) is 55.6 Å². The van der Waals surface area contributed by atoms with Crippen molar-refractivity contribution >= 4 is 34.1 Å². The third-order valence-corrected chi connectivity index (χ3v) is 20.0. The van der Waals surface area contributed by atoms with Gasteiger partial charge in [-0.05, 0) is 194 Å². The average molecular weight is 1140 g/mol. The Bertz CT molecular complexity index is 4460. The van der Waals surface area contributed by atoms with Crippen LogP contribution in [0.4, 0.5) is 34.1 Å². The molecule has 15 rings (SSSR count). The van der Waals surface area contributed by atoms with E-state index >= 15 is 0 Å². The molecule has 1 saturated carbocycles. The molecule has 88 heavy (non-hydrogen) atoms. The molecule has 0 aliphatic heterocycles. The zero-order chi connectivity index (χ0) is 59.3. The molecule has 0 amide bonds. The third-order valence-electron chi connectivity index (χ3n) is 20.0. The van der Waals surface area contributed by atoms with Crippen LogP contribution in [-0.2, 0) is 17.3 Å². The lowest BCUT2D eigenvalue weighted by Gasteiger charge is -2.37. The number of hydrogen-bond acceptors (Lipinski definition) is 2. The van der Waals surface area contributed by atoms with Crippen molar-refractivity contribution in [2.24, 2.45) is 17.8 Å². The highest BCUT2D eigenvalue weighted by Gasteiger charge is 2.48. The molecular weight excluding hydrogens is 1060 g/mol. The molecule has 4 unspecified atom stereocenters. The van der Waals surface area contributed by atoms with Crippen molar-refractivity contribution in [1.82, 2.24) is 0 Å². The van der Waals surface area contributed by atoms with E-state index in [0.29, 0.717) is 5.92 Å². The van der Waals surface area contributed by atoms with E-state index in [4.69, 9.17) is 0 Å². The molecule has 12 aromatic rings. The van der Waals surface area contributed by atoms with Gasteiger partial charge in [0.05, 0.1) is 16.8 Å². The maximum absolute atomic E-state index is 2.57. The van der Waals surface area contributed by atoms with Crippen LogP contribution < -0.4 is 9.80 Å². The first kappa shape index (κ1) is 54.9. The SMILES string of the molecule is CCC1CC(C)CC(Cc2ccc(N(c3ccccc3)c3cc4c(cc3-c3ccccc3)-c3ccccc3C4(c3ccccc3)c3ccc(-c4ccc(-c5ccccc5)cc4)c(N(c4ccccc4)c4ccc5c(c4)-c4ccccc4C5(C)C)c3)cc2)C1. The summed E-state index contributed by atoms with van der Waals surface area (Å²) in [6.07, 6.45) is 6.41. The largest absolute Gasteiger partial charge is 0.310 e. The first-order valence-corrected chi connectivity index (χ1v) is 32.0. The van der Waals surface area contributed by atoms with Crippen LogP contribution in [0, 0.1) is 17.8 Å². The standard InChI is InChI=1S/C86H74N2/c1-5-60-51-59(2)52-62(53-60)54-61-39-46-71(47-40-61)87(69-31-17-9-18-32-69)84-58-82-78(57-76(84)65-27-13-7-14-28-65)75-36-22-24-38-81(75)86(82,67-29-15-8-16-30-67)68-45-49-73(66-43-41-64(42-44-66)63-25-11-6-12-26-63)83(55-68)88(70-33-19-10-20-34-70)72-48-50-80-77(56-72)74-35-21-23-37-79(74)85(80,3)4/h6-50,55-60,62H,5,51-54H2,1-4H3. The Kier molecular flexibility index (Phi) is 14.2. The molecule has 2 nitrogen and oxygen atoms in total. The Balaban J connectivity index is 0.984. The van der Waals surface area contributed by atoms with Gasteiger partial charge in [-0.2, -0.15) is 0 Å². The summed E-state index contributed by atoms with van der Waals surface area (Å²) < 4.78 is 0. The molecule has 4 atom stereocenters. The second-order valence-corrected chi connectivity index (χ2v) is 25.7. The molecule has 3 aliphatic rings. The van der Waals surface area contributed by atoms with Crippen molar-refractivity contribution in [3.05, 3.63) is 336 Å². The topological polar surface area (TPSA) is 6.48 Å². The lowest BCUT2D eigenvalue weighted by Crippen LogP contribution is -2.29. The van der Waals surface area contributed by atoms with E-state index < -0.39 is 5.41 Å². The summed E-state index contributed by atoms with van der Waals surface area (Å²) in [6, 6.07) is 112. The van der Waals surface area contributed by atoms with Crippen LogP contribution in [0.1, 0.15) is 92.3 Å². The first-order chi connectivity index (χ1) is 43.2. The smallest absolute Gasteiger partial charge is 0.0715 e. The van der Waals surface area contributed by atoms with Crippen LogP contribution in [0.5, 0.6) is 0 Å². The van der Waals surface area contributed by atoms with Gasteiger partial charge in [-0.3, -0.25) is 0 Å². The quantitative estimate of drug-likeness (QED) is 0.107. The van der Waals surface area contributed by atoms with Gasteiger partial charge in [0.25, 0.3) is 0 Å². The van der Waals surface area contributed by atoms with Gasteiger partial charge in [0, 0.05) is 39.3 Å². The van der Waals surface area contributed by atoms with E-state index in [1.165, 1.54) is 109 Å². The minimum atomic E-state index is -0.773. The molecule has 0 radical (unpaired) electrons. The van der Waals surface area contributed by atoms with Gasteiger partial charge in [-0.15, -0.1) is 0 Å². The van der Waals surface area contributed by atoms with Crippen LogP contribution in [0.25, 0.3) is 55.6 Å². The number of anilines is 6. The molecule has 0 spiro atoms. The number of para-hydroxylation sites is 2. The van der Waals surface area contributed by atoms with Gasteiger partial charge in [0.2, 0.25) is 0 Å². The van der Waals surface area contributed by atoms with Crippen molar-refractivity contribution in [2.75, 3.05) is 9.80 Å². The van der Waals surface area contributed by atoms with Crippen molar-refractivity contribution in [3.63, 3.8) is 0 Å². The third kappa shape index (κ3) is 9.58. The predicted octanol–water partition coefficient (Wildman–Crippen LogP) is 23.3. The highest BCUT2D eigenvalue weighted by atomic mass is 15.2. The van der Waals surface area contributed by atoms with Gasteiger partial charge in [-0.1, -0.05) is 265 Å². The van der Waals surface area contributed by atoms with Crippen LogP contribution in [0.2, 0.25) is 0 Å². The summed E-state index contributed by atoms with van der Waals surface area (Å²) in [5, 5.41) is 0. The fraction of sp³-hybridized carbons (Fsp3) is 0.163. The van der Waals surface area contributed by atoms with Crippen LogP contribution in [-0.4, -0.2) is 0 Å². The summed E-state index contributed by atoms with van der Waals surface area (Å²) in [6.45, 7) is 9.59. The molecule has 0 N–H and O–H groups in total. The number of fused-ring (bicyclic) bond motifs is 6. The maximum atomic E-state index is 2.57. The lowest BCUT2D eigenvalue weighted by molar-refractivity contribution is 0.201. The number of nitrogens with zero attached hydrogens (tertiary/aromatic N) is 2. The Labute approximate surface area is 521 Å². The zero-order valence-electron chi connectivity index (χ0n) is 51.0. The molecule has 2 heteroatoms. The Hall–Kier alpha value is -9.76. The Morgan fingerprint density at radius 2 is 0.807 bits per heavy atom. The van der Waals surface area contributed by atoms with Crippen LogP contribution >= 0.6 is 0 Å². The van der Waals surface area contributed by atoms with Gasteiger partial charge < -0.3 is 9.80 Å². The summed E-state index contributed by atoms with van der Waals surface area (Å²) in [5.74, 6) is 2.32. The first-order valence-electron chi connectivity index (χ1n) is 32.0. The summed E-state index contributed by atoms with van der Waals surface area (Å²) in [7, 11) is 0. The maximum Gasteiger partial charge on any atom is 0.0715 e. The van der Waals surface area contributed by atoms with Crippen LogP contribution in [0.3, 0.4) is 0 Å². The second kappa shape index (κ2) is 22.8. The summed E-state index contributed by atoms with van der Waals surface area (Å²) in [5.41, 5.74) is 26.9. The second-order valence-electron chi connectivity index (χ2n) is 25.7. The Morgan fingerprint density at radius 1 is 0.330 bits per heavy atom. The molecule has 12 aromatic carbocycles. The van der Waals surface area contributed by atoms with Crippen LogP contribution in [0.15, 0.2) is 297 Å². The molecule has 1 fully saturated rings. The van der Waals surface area contributed by atoms with E-state index in [1.54, 1.807) is 0 Å². The molecule has 428 valence electrons. The van der Waals surface area contributed by atoms with Gasteiger partial charge in [0.1, 0.15) is 0 Å². The monoisotopic (exact) mass is 1130 g/mol. The summed E-state index contributed by atoms with van der Waals surface area (Å²) >= 11 is 0. The predicted molar refractivity (Wildman–Crippen MR) is 371 cm³/mol. The van der Waals surface area contributed by atoms with E-state index in [2.05, 4.69) is 335 Å². The minimum absolute atomic E-state index is 0.135. The zero-order valence-corrected chi connectivity index (χ0v) is 51.0. The highest BCUT2D eigenvalue weighted by molar-refractivity contribution is 5.98. The van der Waals surface area contributed by atoms with Crippen molar-refractivity contribution < 1.29 is 0 Å². The van der Waals surface area contributed by atoms with E-state index in [-0.39, 0.29) is 5.41 Å². The molecule has 3 aliphatic carbocycles. The normalized spacial score (nSPS) is 17.8. The number of hydrogen-bond donors (Lipinski definition) is 0. The molecule has 0 heterocycles. The van der Waals surface area contributed by atoms with Gasteiger partial charge in [-0.25, -0.2) is 0 Å². The van der Waals surface area contributed by atoms with E-state index in [0.717, 1.165) is 63.5 Å². The molecule has 0 aromatic heterocycles. The number of benzene rings is 12. The fourth-order valence-electron chi connectivity index (χ4n) is 15.9. The lowest BCUT2D eigenvalue weighted by atomic mass is 9.67. The fourth-order valence-corrected chi connectivity index (χ4v) is 15.9. The van der Waals surface area contributed by atoms with E-state index in [9.17, 15) is 0 Å². The number of rotatable bonds is 14. The molecule has 0 bridgehead atoms. The average Bonchev–Trinajstić information content (AvgIpc) is 1.51.